The molecule has 1 saturated heterocycles. The van der Waals surface area contributed by atoms with Gasteiger partial charge in [-0.3, -0.25) is 0 Å². The molecule has 0 bridgehead atoms. The monoisotopic (exact) mass is 307 g/mol. The third-order valence-corrected chi connectivity index (χ3v) is 6.26. The summed E-state index contributed by atoms with van der Waals surface area (Å²) in [5, 5.41) is 2.82. The van der Waals surface area contributed by atoms with Gasteiger partial charge in [0.05, 0.1) is 30.8 Å². The lowest BCUT2D eigenvalue weighted by molar-refractivity contribution is -0.178. The third-order valence-electron chi connectivity index (χ3n) is 4.11. The van der Waals surface area contributed by atoms with Crippen LogP contribution in [0.3, 0.4) is 0 Å². The molecule has 0 aromatic rings. The first-order valence-corrected chi connectivity index (χ1v) is 8.96. The van der Waals surface area contributed by atoms with Gasteiger partial charge in [-0.2, -0.15) is 0 Å². The van der Waals surface area contributed by atoms with Crippen LogP contribution in [0.5, 0.6) is 0 Å². The smallest absolute Gasteiger partial charge is 0.169 e. The van der Waals surface area contributed by atoms with E-state index < -0.39 is 20.9 Å². The zero-order valence-corrected chi connectivity index (χ0v) is 13.1. The molecule has 0 amide bonds. The van der Waals surface area contributed by atoms with Crippen molar-refractivity contribution in [2.24, 2.45) is 0 Å². The van der Waals surface area contributed by atoms with Crippen molar-refractivity contribution in [1.82, 2.24) is 5.32 Å². The van der Waals surface area contributed by atoms with Gasteiger partial charge < -0.3 is 19.5 Å². The van der Waals surface area contributed by atoms with E-state index in [-0.39, 0.29) is 18.4 Å². The van der Waals surface area contributed by atoms with Gasteiger partial charge in [0.15, 0.2) is 15.6 Å². The van der Waals surface area contributed by atoms with E-state index >= 15 is 0 Å². The maximum Gasteiger partial charge on any atom is 0.169 e. The standard InChI is InChI=1S/C13H25NO5S/c1-3-14-11-4-5-13(18-6-7-19-13)10-12(11)20(15,16)9-8-17-2/h11-12,14H,3-10H2,1-2H3. The largest absolute Gasteiger partial charge is 0.384 e. The Labute approximate surface area is 121 Å². The lowest BCUT2D eigenvalue weighted by Gasteiger charge is -2.40. The normalized spacial score (nSPS) is 29.9. The van der Waals surface area contributed by atoms with E-state index in [0.29, 0.717) is 19.6 Å². The first-order chi connectivity index (χ1) is 9.53. The molecule has 1 spiro atoms. The van der Waals surface area contributed by atoms with E-state index in [9.17, 15) is 8.42 Å². The van der Waals surface area contributed by atoms with Gasteiger partial charge in [-0.25, -0.2) is 8.42 Å². The molecule has 0 aromatic heterocycles. The van der Waals surface area contributed by atoms with Crippen LogP contribution in [0.25, 0.3) is 0 Å². The first kappa shape index (κ1) is 16.2. The molecule has 2 unspecified atom stereocenters. The van der Waals surface area contributed by atoms with Gasteiger partial charge in [-0.15, -0.1) is 0 Å². The van der Waals surface area contributed by atoms with Crippen LogP contribution in [-0.2, 0) is 24.0 Å². The molecule has 0 aromatic carbocycles. The second-order valence-electron chi connectivity index (χ2n) is 5.41. The third kappa shape index (κ3) is 3.51. The Bertz CT molecular complexity index is 405. The van der Waals surface area contributed by atoms with Gasteiger partial charge in [0, 0.05) is 26.0 Å². The number of hydrogen-bond acceptors (Lipinski definition) is 6. The molecule has 1 aliphatic heterocycles. The lowest BCUT2D eigenvalue weighted by Crippen LogP contribution is -2.54. The molecule has 7 heteroatoms. The van der Waals surface area contributed by atoms with Gasteiger partial charge in [0.2, 0.25) is 0 Å². The molecule has 20 heavy (non-hydrogen) atoms. The van der Waals surface area contributed by atoms with E-state index in [0.717, 1.165) is 19.4 Å². The van der Waals surface area contributed by atoms with Crippen molar-refractivity contribution < 1.29 is 22.6 Å². The van der Waals surface area contributed by atoms with Gasteiger partial charge >= 0.3 is 0 Å². The quantitative estimate of drug-likeness (QED) is 0.762. The summed E-state index contributed by atoms with van der Waals surface area (Å²) in [6, 6.07) is -0.0275. The number of methoxy groups -OCH3 is 1. The molecule has 2 aliphatic rings. The maximum atomic E-state index is 12.5. The second kappa shape index (κ2) is 6.70. The molecule has 118 valence electrons. The average molecular weight is 307 g/mol. The zero-order chi connectivity index (χ0) is 14.6. The highest BCUT2D eigenvalue weighted by atomic mass is 32.2. The molecular formula is C13H25NO5S. The minimum atomic E-state index is -3.23. The minimum Gasteiger partial charge on any atom is -0.384 e. The van der Waals surface area contributed by atoms with Crippen molar-refractivity contribution in [2.45, 2.75) is 43.3 Å². The van der Waals surface area contributed by atoms with E-state index in [2.05, 4.69) is 5.32 Å². The van der Waals surface area contributed by atoms with Crippen LogP contribution in [0.1, 0.15) is 26.2 Å². The molecule has 0 radical (unpaired) electrons. The highest BCUT2D eigenvalue weighted by Gasteiger charge is 2.49. The predicted molar refractivity (Wildman–Crippen MR) is 75.4 cm³/mol. The summed E-state index contributed by atoms with van der Waals surface area (Å²) in [7, 11) is -1.71. The van der Waals surface area contributed by atoms with Crippen LogP contribution in [0, 0.1) is 0 Å². The Balaban J connectivity index is 2.14. The summed E-state index contributed by atoms with van der Waals surface area (Å²) in [6.45, 7) is 4.08. The Hall–Kier alpha value is -0.210. The Morgan fingerprint density at radius 2 is 2.05 bits per heavy atom. The van der Waals surface area contributed by atoms with E-state index in [4.69, 9.17) is 14.2 Å². The highest BCUT2D eigenvalue weighted by Crippen LogP contribution is 2.38. The Morgan fingerprint density at radius 1 is 1.35 bits per heavy atom. The van der Waals surface area contributed by atoms with Crippen LogP contribution >= 0.6 is 0 Å². The topological polar surface area (TPSA) is 73.9 Å². The van der Waals surface area contributed by atoms with Crippen LogP contribution in [-0.4, -0.2) is 64.7 Å². The summed E-state index contributed by atoms with van der Waals surface area (Å²) >= 11 is 0. The molecule has 2 fully saturated rings. The molecule has 1 N–H and O–H groups in total. The van der Waals surface area contributed by atoms with E-state index in [1.165, 1.54) is 7.11 Å². The van der Waals surface area contributed by atoms with Crippen molar-refractivity contribution in [3.05, 3.63) is 0 Å². The van der Waals surface area contributed by atoms with Crippen molar-refractivity contribution >= 4 is 9.84 Å². The average Bonchev–Trinajstić information content (AvgIpc) is 2.87. The number of ether oxygens (including phenoxy) is 3. The fraction of sp³-hybridized carbons (Fsp3) is 1.00. The first-order valence-electron chi connectivity index (χ1n) is 7.25. The highest BCUT2D eigenvalue weighted by molar-refractivity contribution is 7.92. The Morgan fingerprint density at radius 3 is 2.65 bits per heavy atom. The summed E-state index contributed by atoms with van der Waals surface area (Å²) in [5.74, 6) is -0.636. The van der Waals surface area contributed by atoms with Crippen LogP contribution < -0.4 is 5.32 Å². The van der Waals surface area contributed by atoms with Gasteiger partial charge in [-0.1, -0.05) is 6.92 Å². The van der Waals surface area contributed by atoms with E-state index in [1.807, 2.05) is 6.92 Å². The fourth-order valence-electron chi connectivity index (χ4n) is 3.10. The zero-order valence-electron chi connectivity index (χ0n) is 12.3. The van der Waals surface area contributed by atoms with Gasteiger partial charge in [0.25, 0.3) is 0 Å². The van der Waals surface area contributed by atoms with Crippen LogP contribution in [0.2, 0.25) is 0 Å². The summed E-state index contributed by atoms with van der Waals surface area (Å²) < 4.78 is 41.4. The van der Waals surface area contributed by atoms with Crippen LogP contribution in [0.4, 0.5) is 0 Å². The van der Waals surface area contributed by atoms with E-state index in [1.54, 1.807) is 0 Å². The molecule has 2 atom stereocenters. The van der Waals surface area contributed by atoms with Gasteiger partial charge in [0.1, 0.15) is 0 Å². The number of nitrogens with one attached hydrogen (secondary N) is 1. The van der Waals surface area contributed by atoms with Crippen LogP contribution in [0.15, 0.2) is 0 Å². The summed E-state index contributed by atoms with van der Waals surface area (Å²) in [5.41, 5.74) is 0. The van der Waals surface area contributed by atoms with Gasteiger partial charge in [-0.05, 0) is 13.0 Å². The van der Waals surface area contributed by atoms with Crippen molar-refractivity contribution in [3.63, 3.8) is 0 Å². The molecular weight excluding hydrogens is 282 g/mol. The van der Waals surface area contributed by atoms with Crippen molar-refractivity contribution in [3.8, 4) is 0 Å². The molecule has 1 saturated carbocycles. The number of hydrogen-bond donors (Lipinski definition) is 1. The second-order valence-corrected chi connectivity index (χ2v) is 7.75. The maximum absolute atomic E-state index is 12.5. The number of rotatable bonds is 6. The lowest BCUT2D eigenvalue weighted by atomic mass is 9.89. The Kier molecular flexibility index (Phi) is 5.42. The fourth-order valence-corrected chi connectivity index (χ4v) is 5.04. The molecule has 6 nitrogen and oxygen atoms in total. The van der Waals surface area contributed by atoms with Crippen molar-refractivity contribution in [2.75, 3.05) is 39.2 Å². The van der Waals surface area contributed by atoms with Crippen molar-refractivity contribution in [1.29, 1.82) is 0 Å². The molecule has 1 aliphatic carbocycles. The SMILES string of the molecule is CCNC1CCC2(CC1S(=O)(=O)CCOC)OCCO2. The summed E-state index contributed by atoms with van der Waals surface area (Å²) in [4.78, 5) is 0. The number of sulfone groups is 1. The predicted octanol–water partition coefficient (Wildman–Crippen LogP) is 0.321. The molecule has 2 rings (SSSR count). The molecule has 1 heterocycles. The summed E-state index contributed by atoms with van der Waals surface area (Å²) in [6.07, 6.45) is 1.92. The minimum absolute atomic E-state index is 0.0275.